The van der Waals surface area contributed by atoms with Crippen molar-refractivity contribution >= 4 is 5.91 Å². The molecule has 1 saturated heterocycles. The van der Waals surface area contributed by atoms with Gasteiger partial charge in [-0.1, -0.05) is 29.8 Å². The van der Waals surface area contributed by atoms with Crippen LogP contribution < -0.4 is 10.6 Å². The van der Waals surface area contributed by atoms with Gasteiger partial charge in [-0.15, -0.1) is 0 Å². The molecule has 1 amide bonds. The van der Waals surface area contributed by atoms with Gasteiger partial charge < -0.3 is 15.5 Å². The van der Waals surface area contributed by atoms with Crippen LogP contribution in [0.1, 0.15) is 36.9 Å². The molecule has 0 radical (unpaired) electrons. The molecule has 0 saturated carbocycles. The third-order valence-corrected chi connectivity index (χ3v) is 4.55. The number of carbonyl (C=O) groups excluding carboxylic acids is 1. The Balaban J connectivity index is 1.94. The van der Waals surface area contributed by atoms with Crippen molar-refractivity contribution in [2.45, 2.75) is 38.8 Å². The lowest BCUT2D eigenvalue weighted by molar-refractivity contribution is -0.126. The van der Waals surface area contributed by atoms with E-state index in [1.165, 1.54) is 11.1 Å². The van der Waals surface area contributed by atoms with Crippen LogP contribution in [0.2, 0.25) is 0 Å². The maximum Gasteiger partial charge on any atom is 0.223 e. The molecule has 1 fully saturated rings. The zero-order valence-corrected chi connectivity index (χ0v) is 14.2. The molecule has 1 aromatic carbocycles. The van der Waals surface area contributed by atoms with Crippen molar-refractivity contribution in [3.05, 3.63) is 35.4 Å². The third-order valence-electron chi connectivity index (χ3n) is 4.55. The number of nitrogens with one attached hydrogen (secondary N) is 2. The zero-order valence-electron chi connectivity index (χ0n) is 14.2. The maximum atomic E-state index is 12.4. The number of rotatable bonds is 5. The van der Waals surface area contributed by atoms with Crippen molar-refractivity contribution in [1.29, 1.82) is 0 Å². The molecule has 2 rings (SSSR count). The van der Waals surface area contributed by atoms with Gasteiger partial charge in [-0.05, 0) is 52.9 Å². The fraction of sp³-hybridized carbons (Fsp3) is 0.611. The highest BCUT2D eigenvalue weighted by Crippen LogP contribution is 2.20. The molecule has 1 aromatic rings. The van der Waals surface area contributed by atoms with E-state index in [1.807, 2.05) is 0 Å². The van der Waals surface area contributed by atoms with Gasteiger partial charge in [0.2, 0.25) is 5.91 Å². The van der Waals surface area contributed by atoms with E-state index in [0.29, 0.717) is 12.6 Å². The number of piperidine rings is 1. The Morgan fingerprint density at radius 1 is 1.36 bits per heavy atom. The predicted octanol–water partition coefficient (Wildman–Crippen LogP) is 2.10. The second kappa shape index (κ2) is 7.75. The van der Waals surface area contributed by atoms with E-state index in [0.717, 1.165) is 19.4 Å². The van der Waals surface area contributed by atoms with Gasteiger partial charge in [0.1, 0.15) is 0 Å². The molecule has 2 N–H and O–H groups in total. The van der Waals surface area contributed by atoms with Crippen LogP contribution in [-0.4, -0.2) is 44.0 Å². The minimum atomic E-state index is 0.150. The van der Waals surface area contributed by atoms with Crippen LogP contribution in [0.15, 0.2) is 24.3 Å². The van der Waals surface area contributed by atoms with Crippen molar-refractivity contribution < 1.29 is 4.79 Å². The summed E-state index contributed by atoms with van der Waals surface area (Å²) in [6.45, 7) is 5.84. The van der Waals surface area contributed by atoms with E-state index in [9.17, 15) is 4.79 Å². The molecule has 1 unspecified atom stereocenters. The summed E-state index contributed by atoms with van der Waals surface area (Å²) in [6, 6.07) is 9.21. The number of amides is 1. The highest BCUT2D eigenvalue weighted by molar-refractivity contribution is 5.78. The van der Waals surface area contributed by atoms with E-state index in [4.69, 9.17) is 0 Å². The van der Waals surface area contributed by atoms with Gasteiger partial charge in [-0.3, -0.25) is 4.79 Å². The quantitative estimate of drug-likeness (QED) is 0.875. The molecule has 4 nitrogen and oxygen atoms in total. The molecule has 4 heteroatoms. The van der Waals surface area contributed by atoms with Crippen molar-refractivity contribution in [3.63, 3.8) is 0 Å². The zero-order chi connectivity index (χ0) is 16.1. The maximum absolute atomic E-state index is 12.4. The van der Waals surface area contributed by atoms with Crippen molar-refractivity contribution in [3.8, 4) is 0 Å². The first kappa shape index (κ1) is 17.0. The molecule has 0 bridgehead atoms. The van der Waals surface area contributed by atoms with Gasteiger partial charge in [0.15, 0.2) is 0 Å². The minimum Gasteiger partial charge on any atom is -0.354 e. The molecule has 1 aliphatic rings. The SMILES string of the molecule is Cc1ccc(C(CNC(=O)[C@H]2CCN[C@@H](C)C2)N(C)C)cc1. The summed E-state index contributed by atoms with van der Waals surface area (Å²) in [5, 5.41) is 6.55. The van der Waals surface area contributed by atoms with Crippen molar-refractivity contribution in [2.24, 2.45) is 5.92 Å². The van der Waals surface area contributed by atoms with Gasteiger partial charge in [0.05, 0.1) is 6.04 Å². The average Bonchev–Trinajstić information content (AvgIpc) is 2.48. The second-order valence-electron chi connectivity index (χ2n) is 6.71. The van der Waals surface area contributed by atoms with Gasteiger partial charge in [0.25, 0.3) is 0 Å². The van der Waals surface area contributed by atoms with Crippen LogP contribution in [0.25, 0.3) is 0 Å². The number of hydrogen-bond acceptors (Lipinski definition) is 3. The molecular formula is C18H29N3O. The Bertz CT molecular complexity index is 484. The Morgan fingerprint density at radius 2 is 2.05 bits per heavy atom. The van der Waals surface area contributed by atoms with Crippen LogP contribution >= 0.6 is 0 Å². The molecule has 3 atom stereocenters. The van der Waals surface area contributed by atoms with Gasteiger partial charge in [-0.25, -0.2) is 0 Å². The van der Waals surface area contributed by atoms with E-state index < -0.39 is 0 Å². The first-order valence-corrected chi connectivity index (χ1v) is 8.21. The molecule has 1 aliphatic heterocycles. The topological polar surface area (TPSA) is 44.4 Å². The van der Waals surface area contributed by atoms with Gasteiger partial charge in [-0.2, -0.15) is 0 Å². The molecular weight excluding hydrogens is 274 g/mol. The lowest BCUT2D eigenvalue weighted by atomic mass is 9.92. The molecule has 0 spiro atoms. The highest BCUT2D eigenvalue weighted by Gasteiger charge is 2.25. The number of hydrogen-bond donors (Lipinski definition) is 2. The smallest absolute Gasteiger partial charge is 0.223 e. The Hall–Kier alpha value is -1.39. The fourth-order valence-electron chi connectivity index (χ4n) is 3.10. The number of aryl methyl sites for hydroxylation is 1. The number of nitrogens with zero attached hydrogens (tertiary/aromatic N) is 1. The summed E-state index contributed by atoms with van der Waals surface area (Å²) in [7, 11) is 4.12. The summed E-state index contributed by atoms with van der Waals surface area (Å²) in [4.78, 5) is 14.6. The first-order valence-electron chi connectivity index (χ1n) is 8.21. The third kappa shape index (κ3) is 4.55. The number of carbonyl (C=O) groups is 1. The van der Waals surface area contributed by atoms with Crippen molar-refractivity contribution in [2.75, 3.05) is 27.2 Å². The molecule has 0 aliphatic carbocycles. The Morgan fingerprint density at radius 3 is 2.64 bits per heavy atom. The van der Waals surface area contributed by atoms with E-state index >= 15 is 0 Å². The van der Waals surface area contributed by atoms with Crippen molar-refractivity contribution in [1.82, 2.24) is 15.5 Å². The Kier molecular flexibility index (Phi) is 5.98. The summed E-state index contributed by atoms with van der Waals surface area (Å²) < 4.78 is 0. The fourth-order valence-corrected chi connectivity index (χ4v) is 3.10. The monoisotopic (exact) mass is 303 g/mol. The Labute approximate surface area is 134 Å². The molecule has 1 heterocycles. The van der Waals surface area contributed by atoms with E-state index in [1.54, 1.807) is 0 Å². The minimum absolute atomic E-state index is 0.150. The summed E-state index contributed by atoms with van der Waals surface area (Å²) in [5.74, 6) is 0.351. The highest BCUT2D eigenvalue weighted by atomic mass is 16.1. The first-order chi connectivity index (χ1) is 10.5. The summed E-state index contributed by atoms with van der Waals surface area (Å²) in [6.07, 6.45) is 1.87. The summed E-state index contributed by atoms with van der Waals surface area (Å²) >= 11 is 0. The lowest BCUT2D eigenvalue weighted by Gasteiger charge is -2.29. The van der Waals surface area contributed by atoms with Gasteiger partial charge >= 0.3 is 0 Å². The van der Waals surface area contributed by atoms with Gasteiger partial charge in [0, 0.05) is 18.5 Å². The number of likely N-dealkylation sites (N-methyl/N-ethyl adjacent to an activating group) is 1. The van der Waals surface area contributed by atoms with Crippen LogP contribution in [0.5, 0.6) is 0 Å². The molecule has 22 heavy (non-hydrogen) atoms. The van der Waals surface area contributed by atoms with E-state index in [-0.39, 0.29) is 17.9 Å². The second-order valence-corrected chi connectivity index (χ2v) is 6.71. The standard InChI is InChI=1S/C18H29N3O/c1-13-5-7-15(8-6-13)17(21(3)4)12-20-18(22)16-9-10-19-14(2)11-16/h5-8,14,16-17,19H,9-12H2,1-4H3,(H,20,22)/t14-,16-,17?/m0/s1. The largest absolute Gasteiger partial charge is 0.354 e. The predicted molar refractivity (Wildman–Crippen MR) is 90.8 cm³/mol. The van der Waals surface area contributed by atoms with Crippen LogP contribution in [0.4, 0.5) is 0 Å². The van der Waals surface area contributed by atoms with Crippen LogP contribution in [0, 0.1) is 12.8 Å². The lowest BCUT2D eigenvalue weighted by Crippen LogP contribution is -2.44. The average molecular weight is 303 g/mol. The number of benzene rings is 1. The summed E-state index contributed by atoms with van der Waals surface area (Å²) in [5.41, 5.74) is 2.50. The van der Waals surface area contributed by atoms with E-state index in [2.05, 4.69) is 67.7 Å². The molecule has 122 valence electrons. The van der Waals surface area contributed by atoms with Crippen LogP contribution in [0.3, 0.4) is 0 Å². The van der Waals surface area contributed by atoms with Crippen LogP contribution in [-0.2, 0) is 4.79 Å². The normalized spacial score (nSPS) is 23.3. The molecule has 0 aromatic heterocycles.